The Balaban J connectivity index is 1.50. The zero-order valence-corrected chi connectivity index (χ0v) is 15.0. The molecule has 0 spiro atoms. The maximum atomic E-state index is 12.8. The first-order chi connectivity index (χ1) is 12.7. The first-order valence-corrected chi connectivity index (χ1v) is 9.57. The minimum Gasteiger partial charge on any atom is -0.330 e. The van der Waals surface area contributed by atoms with Crippen LogP contribution >= 0.6 is 11.3 Å². The Kier molecular flexibility index (Phi) is 4.67. The smallest absolute Gasteiger partial charge is 0.247 e. The monoisotopic (exact) mass is 365 g/mol. The number of hydrogen-bond acceptors (Lipinski definition) is 4. The highest BCUT2D eigenvalue weighted by Crippen LogP contribution is 2.24. The summed E-state index contributed by atoms with van der Waals surface area (Å²) in [5.74, 6) is -0.124. The Hall–Kier alpha value is -2.73. The van der Waals surface area contributed by atoms with Crippen molar-refractivity contribution in [1.29, 1.82) is 0 Å². The second-order valence-electron chi connectivity index (χ2n) is 6.37. The quantitative estimate of drug-likeness (QED) is 0.770. The number of carbonyl (C=O) groups is 2. The summed E-state index contributed by atoms with van der Waals surface area (Å²) in [6.07, 6.45) is 3.62. The van der Waals surface area contributed by atoms with Crippen molar-refractivity contribution >= 4 is 39.7 Å². The van der Waals surface area contributed by atoms with Gasteiger partial charge in [0.1, 0.15) is 6.04 Å². The number of nitrogens with one attached hydrogen (secondary N) is 1. The number of thiophene rings is 1. The van der Waals surface area contributed by atoms with Crippen molar-refractivity contribution in [3.8, 4) is 0 Å². The summed E-state index contributed by atoms with van der Waals surface area (Å²) in [4.78, 5) is 32.6. The highest BCUT2D eigenvalue weighted by molar-refractivity contribution is 7.10. The predicted octanol–water partition coefficient (Wildman–Crippen LogP) is 3.47. The van der Waals surface area contributed by atoms with Crippen LogP contribution in [0, 0.1) is 0 Å². The first kappa shape index (κ1) is 16.7. The van der Waals surface area contributed by atoms with Gasteiger partial charge in [-0.05, 0) is 36.4 Å². The number of pyridine rings is 1. The third-order valence-corrected chi connectivity index (χ3v) is 5.55. The molecule has 4 rings (SSSR count). The molecule has 1 unspecified atom stereocenters. The van der Waals surface area contributed by atoms with Gasteiger partial charge in [-0.25, -0.2) is 0 Å². The average Bonchev–Trinajstić information content (AvgIpc) is 3.33. The molecule has 5 nitrogen and oxygen atoms in total. The predicted molar refractivity (Wildman–Crippen MR) is 103 cm³/mol. The van der Waals surface area contributed by atoms with E-state index in [0.717, 1.165) is 22.2 Å². The number of benzene rings is 1. The van der Waals surface area contributed by atoms with Gasteiger partial charge in [-0.15, -0.1) is 11.3 Å². The van der Waals surface area contributed by atoms with Gasteiger partial charge >= 0.3 is 0 Å². The van der Waals surface area contributed by atoms with Crippen LogP contribution in [0.25, 0.3) is 10.9 Å². The SMILES string of the molecule is O=C(Nc1cccc2cccnc12)C1CCCN1C(=O)Cc1cccs1. The normalized spacial score (nSPS) is 16.8. The summed E-state index contributed by atoms with van der Waals surface area (Å²) < 4.78 is 0. The van der Waals surface area contributed by atoms with E-state index in [1.165, 1.54) is 0 Å². The fourth-order valence-electron chi connectivity index (χ4n) is 3.42. The minimum atomic E-state index is -0.415. The third kappa shape index (κ3) is 3.32. The van der Waals surface area contributed by atoms with E-state index in [1.807, 2.05) is 47.8 Å². The van der Waals surface area contributed by atoms with E-state index in [2.05, 4.69) is 10.3 Å². The van der Waals surface area contributed by atoms with Gasteiger partial charge in [-0.2, -0.15) is 0 Å². The van der Waals surface area contributed by atoms with Gasteiger partial charge in [0, 0.05) is 23.0 Å². The van der Waals surface area contributed by atoms with E-state index < -0.39 is 6.04 Å². The number of aromatic nitrogens is 1. The van der Waals surface area contributed by atoms with E-state index in [1.54, 1.807) is 22.4 Å². The molecule has 3 heterocycles. The Morgan fingerprint density at radius 3 is 2.92 bits per heavy atom. The molecule has 2 amide bonds. The van der Waals surface area contributed by atoms with Gasteiger partial charge in [-0.1, -0.05) is 24.3 Å². The number of anilines is 1. The minimum absolute atomic E-state index is 0.0149. The highest BCUT2D eigenvalue weighted by atomic mass is 32.1. The van der Waals surface area contributed by atoms with Crippen molar-refractivity contribution < 1.29 is 9.59 Å². The van der Waals surface area contributed by atoms with Gasteiger partial charge in [0.15, 0.2) is 0 Å². The van der Waals surface area contributed by atoms with Crippen LogP contribution in [0.3, 0.4) is 0 Å². The fraction of sp³-hybridized carbons (Fsp3) is 0.250. The van der Waals surface area contributed by atoms with E-state index in [-0.39, 0.29) is 11.8 Å². The topological polar surface area (TPSA) is 62.3 Å². The number of hydrogen-bond donors (Lipinski definition) is 1. The van der Waals surface area contributed by atoms with Gasteiger partial charge in [0.05, 0.1) is 17.6 Å². The van der Waals surface area contributed by atoms with Gasteiger partial charge in [0.25, 0.3) is 0 Å². The van der Waals surface area contributed by atoms with Gasteiger partial charge in [-0.3, -0.25) is 14.6 Å². The number of nitrogens with zero attached hydrogens (tertiary/aromatic N) is 2. The molecule has 6 heteroatoms. The van der Waals surface area contributed by atoms with Gasteiger partial charge in [0.2, 0.25) is 11.8 Å². The third-order valence-electron chi connectivity index (χ3n) is 4.67. The molecule has 0 bridgehead atoms. The zero-order valence-electron chi connectivity index (χ0n) is 14.2. The molecule has 1 aromatic carbocycles. The van der Waals surface area contributed by atoms with Crippen LogP contribution in [0.15, 0.2) is 54.0 Å². The molecule has 2 aromatic heterocycles. The van der Waals surface area contributed by atoms with Crippen molar-refractivity contribution in [2.24, 2.45) is 0 Å². The number of likely N-dealkylation sites (tertiary alicyclic amines) is 1. The van der Waals surface area contributed by atoms with Crippen LogP contribution in [0.1, 0.15) is 17.7 Å². The van der Waals surface area contributed by atoms with Crippen molar-refractivity contribution in [2.75, 3.05) is 11.9 Å². The molecule has 0 saturated carbocycles. The molecule has 1 N–H and O–H groups in total. The van der Waals surface area contributed by atoms with E-state index in [0.29, 0.717) is 25.1 Å². The van der Waals surface area contributed by atoms with Crippen LogP contribution in [0.4, 0.5) is 5.69 Å². The Morgan fingerprint density at radius 1 is 1.19 bits per heavy atom. The largest absolute Gasteiger partial charge is 0.330 e. The molecule has 26 heavy (non-hydrogen) atoms. The molecule has 1 atom stereocenters. The Bertz CT molecular complexity index is 934. The molecule has 132 valence electrons. The van der Waals surface area contributed by atoms with Crippen molar-refractivity contribution in [2.45, 2.75) is 25.3 Å². The summed E-state index contributed by atoms with van der Waals surface area (Å²) in [5.41, 5.74) is 1.45. The highest BCUT2D eigenvalue weighted by Gasteiger charge is 2.34. The van der Waals surface area contributed by atoms with Crippen molar-refractivity contribution in [1.82, 2.24) is 9.88 Å². The molecule has 1 saturated heterocycles. The maximum absolute atomic E-state index is 12.8. The number of amides is 2. The lowest BCUT2D eigenvalue weighted by molar-refractivity contribution is -0.136. The Labute approximate surface area is 155 Å². The lowest BCUT2D eigenvalue weighted by Crippen LogP contribution is -2.43. The number of fused-ring (bicyclic) bond motifs is 1. The second-order valence-corrected chi connectivity index (χ2v) is 7.40. The van der Waals surface area contributed by atoms with Crippen molar-refractivity contribution in [3.63, 3.8) is 0 Å². The first-order valence-electron chi connectivity index (χ1n) is 8.69. The number of rotatable bonds is 4. The summed E-state index contributed by atoms with van der Waals surface area (Å²) in [6, 6.07) is 13.0. The molecule has 1 aliphatic heterocycles. The van der Waals surface area contributed by atoms with Crippen LogP contribution in [-0.2, 0) is 16.0 Å². The molecule has 1 fully saturated rings. The molecule has 3 aromatic rings. The molecule has 1 aliphatic rings. The standard InChI is InChI=1S/C20H19N3O2S/c24-18(13-15-7-4-12-26-15)23-11-3-9-17(23)20(25)22-16-8-1-5-14-6-2-10-21-19(14)16/h1-2,4-8,10,12,17H,3,9,11,13H2,(H,22,25). The van der Waals surface area contributed by atoms with Crippen LogP contribution in [0.5, 0.6) is 0 Å². The lowest BCUT2D eigenvalue weighted by atomic mass is 10.1. The average molecular weight is 365 g/mol. The van der Waals surface area contributed by atoms with E-state index in [4.69, 9.17) is 0 Å². The van der Waals surface area contributed by atoms with E-state index >= 15 is 0 Å². The van der Waals surface area contributed by atoms with Crippen molar-refractivity contribution in [3.05, 3.63) is 58.9 Å². The zero-order chi connectivity index (χ0) is 17.9. The number of carbonyl (C=O) groups excluding carboxylic acids is 2. The molecule has 0 aliphatic carbocycles. The molecular formula is C20H19N3O2S. The summed E-state index contributed by atoms with van der Waals surface area (Å²) in [7, 11) is 0. The second kappa shape index (κ2) is 7.25. The van der Waals surface area contributed by atoms with Crippen LogP contribution < -0.4 is 5.32 Å². The van der Waals surface area contributed by atoms with Gasteiger partial charge < -0.3 is 10.2 Å². The van der Waals surface area contributed by atoms with E-state index in [9.17, 15) is 9.59 Å². The summed E-state index contributed by atoms with van der Waals surface area (Å²) >= 11 is 1.57. The van der Waals surface area contributed by atoms with Crippen LogP contribution in [0.2, 0.25) is 0 Å². The van der Waals surface area contributed by atoms with Crippen LogP contribution in [-0.4, -0.2) is 34.3 Å². The molecule has 0 radical (unpaired) electrons. The maximum Gasteiger partial charge on any atom is 0.247 e. The molecular weight excluding hydrogens is 346 g/mol. The lowest BCUT2D eigenvalue weighted by Gasteiger charge is -2.24. The number of para-hydroxylation sites is 1. The Morgan fingerprint density at radius 2 is 2.08 bits per heavy atom. The fourth-order valence-corrected chi connectivity index (χ4v) is 4.12. The summed E-state index contributed by atoms with van der Waals surface area (Å²) in [6.45, 7) is 0.635. The summed E-state index contributed by atoms with van der Waals surface area (Å²) in [5, 5.41) is 5.91.